The van der Waals surface area contributed by atoms with Gasteiger partial charge in [0, 0.05) is 38.3 Å². The number of likely N-dealkylation sites (tertiary alicyclic amines) is 1. The monoisotopic (exact) mass is 517 g/mol. The number of fused-ring (bicyclic) bond motifs is 1. The van der Waals surface area contributed by atoms with Gasteiger partial charge in [-0.15, -0.1) is 13.2 Å². The van der Waals surface area contributed by atoms with Gasteiger partial charge < -0.3 is 24.5 Å². The first kappa shape index (κ1) is 29.4. The second-order valence-corrected chi connectivity index (χ2v) is 12.1. The van der Waals surface area contributed by atoms with Crippen molar-refractivity contribution in [1.82, 2.24) is 14.7 Å². The molecular formula is C29H47N3O5. The van der Waals surface area contributed by atoms with Crippen LogP contribution < -0.4 is 0 Å². The highest BCUT2D eigenvalue weighted by Gasteiger charge is 2.80. The summed E-state index contributed by atoms with van der Waals surface area (Å²) in [6, 6.07) is -0.830. The Morgan fingerprint density at radius 3 is 2.38 bits per heavy atom. The van der Waals surface area contributed by atoms with E-state index in [0.717, 1.165) is 6.42 Å². The maximum Gasteiger partial charge on any atom is 0.249 e. The van der Waals surface area contributed by atoms with Gasteiger partial charge >= 0.3 is 0 Å². The zero-order valence-electron chi connectivity index (χ0n) is 23.7. The molecule has 208 valence electrons. The van der Waals surface area contributed by atoms with Crippen LogP contribution in [0.2, 0.25) is 0 Å². The van der Waals surface area contributed by atoms with Gasteiger partial charge in [-0.1, -0.05) is 26.0 Å². The molecule has 3 unspecified atom stereocenters. The normalized spacial score (nSPS) is 32.4. The van der Waals surface area contributed by atoms with Gasteiger partial charge in [0.15, 0.2) is 0 Å². The van der Waals surface area contributed by atoms with E-state index < -0.39 is 34.6 Å². The van der Waals surface area contributed by atoms with Crippen LogP contribution in [0.3, 0.4) is 0 Å². The van der Waals surface area contributed by atoms with E-state index in [2.05, 4.69) is 20.1 Å². The molecule has 3 fully saturated rings. The standard InChI is InChI=1S/C29H47N3O5/c1-9-14-30(15-10-2)24(34)21-22-25(35)31(17-12-13-18-33)23(26(36)32(16-11-3)27(5,6)7)29(22)19-20(4)28(21,8)37-29/h9,11,20-23,33H,1,3,10,12-19H2,2,4-8H3/t20?,21-,22-,23?,28+,29?/m0/s1. The van der Waals surface area contributed by atoms with E-state index in [9.17, 15) is 19.5 Å². The summed E-state index contributed by atoms with van der Waals surface area (Å²) in [6.45, 7) is 21.3. The molecule has 2 bridgehead atoms. The highest BCUT2D eigenvalue weighted by molar-refractivity contribution is 5.99. The number of ether oxygens (including phenoxy) is 1. The third kappa shape index (κ3) is 4.76. The number of rotatable bonds is 12. The van der Waals surface area contributed by atoms with Crippen LogP contribution in [0.25, 0.3) is 0 Å². The topological polar surface area (TPSA) is 90.4 Å². The number of hydrogen-bond acceptors (Lipinski definition) is 5. The van der Waals surface area contributed by atoms with E-state index in [4.69, 9.17) is 4.74 Å². The molecule has 37 heavy (non-hydrogen) atoms. The predicted octanol–water partition coefficient (Wildman–Crippen LogP) is 3.01. The molecule has 0 saturated carbocycles. The minimum atomic E-state index is -1.07. The summed E-state index contributed by atoms with van der Waals surface area (Å²) >= 11 is 0. The number of unbranched alkanes of at least 4 members (excludes halogenated alkanes) is 1. The SMILES string of the molecule is C=CCN(CCC)C(=O)[C@@H]1[C@H]2C(=O)N(CCCCO)C(C(=O)N(CC=C)C(C)(C)C)C23CC(C)[C@@]1(C)O3. The number of hydrogen-bond donors (Lipinski definition) is 1. The fraction of sp³-hybridized carbons (Fsp3) is 0.759. The Hall–Kier alpha value is -2.19. The molecule has 8 nitrogen and oxygen atoms in total. The third-order valence-corrected chi connectivity index (χ3v) is 8.66. The largest absolute Gasteiger partial charge is 0.396 e. The minimum absolute atomic E-state index is 0.00658. The van der Waals surface area contributed by atoms with Crippen LogP contribution in [0.4, 0.5) is 0 Å². The molecule has 0 aliphatic carbocycles. The van der Waals surface area contributed by atoms with Crippen molar-refractivity contribution in [2.24, 2.45) is 17.8 Å². The van der Waals surface area contributed by atoms with E-state index in [1.165, 1.54) is 0 Å². The average Bonchev–Trinajstić information content (AvgIpc) is 3.33. The lowest BCUT2D eigenvalue weighted by Gasteiger charge is -2.42. The fourth-order valence-corrected chi connectivity index (χ4v) is 6.91. The highest BCUT2D eigenvalue weighted by Crippen LogP contribution is 2.65. The van der Waals surface area contributed by atoms with Crippen LogP contribution in [0.1, 0.15) is 67.2 Å². The quantitative estimate of drug-likeness (QED) is 0.318. The second kappa shape index (κ2) is 10.9. The summed E-state index contributed by atoms with van der Waals surface area (Å²) in [4.78, 5) is 47.8. The Morgan fingerprint density at radius 1 is 1.19 bits per heavy atom. The molecule has 8 heteroatoms. The molecule has 3 aliphatic heterocycles. The van der Waals surface area contributed by atoms with E-state index in [1.807, 2.05) is 34.6 Å². The van der Waals surface area contributed by atoms with Gasteiger partial charge in [-0.25, -0.2) is 0 Å². The van der Waals surface area contributed by atoms with Crippen molar-refractivity contribution < 1.29 is 24.2 Å². The molecule has 0 aromatic rings. The zero-order valence-corrected chi connectivity index (χ0v) is 23.7. The van der Waals surface area contributed by atoms with Crippen LogP contribution in [0.5, 0.6) is 0 Å². The molecule has 3 aliphatic rings. The molecule has 1 spiro atoms. The highest BCUT2D eigenvalue weighted by atomic mass is 16.5. The van der Waals surface area contributed by atoms with Crippen molar-refractivity contribution in [2.45, 2.75) is 90.0 Å². The first-order chi connectivity index (χ1) is 17.3. The van der Waals surface area contributed by atoms with Crippen molar-refractivity contribution >= 4 is 17.7 Å². The van der Waals surface area contributed by atoms with Gasteiger partial charge in [-0.05, 0) is 59.3 Å². The van der Waals surface area contributed by atoms with Gasteiger partial charge in [-0.3, -0.25) is 14.4 Å². The lowest BCUT2D eigenvalue weighted by atomic mass is 9.62. The summed E-state index contributed by atoms with van der Waals surface area (Å²) in [5.41, 5.74) is -2.41. The van der Waals surface area contributed by atoms with Crippen molar-refractivity contribution in [3.05, 3.63) is 25.3 Å². The molecule has 0 aromatic heterocycles. The predicted molar refractivity (Wildman–Crippen MR) is 144 cm³/mol. The Labute approximate surface area is 222 Å². The summed E-state index contributed by atoms with van der Waals surface area (Å²) in [5, 5.41) is 9.38. The number of aliphatic hydroxyl groups excluding tert-OH is 1. The Balaban J connectivity index is 2.14. The Kier molecular flexibility index (Phi) is 8.64. The lowest BCUT2D eigenvalue weighted by molar-refractivity contribution is -0.157. The first-order valence-electron chi connectivity index (χ1n) is 13.8. The van der Waals surface area contributed by atoms with Gasteiger partial charge in [0.25, 0.3) is 0 Å². The van der Waals surface area contributed by atoms with E-state index in [-0.39, 0.29) is 30.2 Å². The number of nitrogens with zero attached hydrogens (tertiary/aromatic N) is 3. The van der Waals surface area contributed by atoms with Crippen molar-refractivity contribution in [3.63, 3.8) is 0 Å². The summed E-state index contributed by atoms with van der Waals surface area (Å²) in [6.07, 6.45) is 5.84. The van der Waals surface area contributed by atoms with Gasteiger partial charge in [0.2, 0.25) is 17.7 Å². The smallest absolute Gasteiger partial charge is 0.249 e. The average molecular weight is 518 g/mol. The number of carbonyl (C=O) groups excluding carboxylic acids is 3. The minimum Gasteiger partial charge on any atom is -0.396 e. The van der Waals surface area contributed by atoms with Crippen LogP contribution in [0.15, 0.2) is 25.3 Å². The number of carbonyl (C=O) groups is 3. The van der Waals surface area contributed by atoms with Gasteiger partial charge in [0.1, 0.15) is 11.6 Å². The Morgan fingerprint density at radius 2 is 1.84 bits per heavy atom. The molecular weight excluding hydrogens is 470 g/mol. The molecule has 0 aromatic carbocycles. The lowest BCUT2D eigenvalue weighted by Crippen LogP contribution is -2.60. The third-order valence-electron chi connectivity index (χ3n) is 8.66. The summed E-state index contributed by atoms with van der Waals surface area (Å²) in [5.74, 6) is -1.86. The molecule has 3 saturated heterocycles. The maximum atomic E-state index is 14.4. The summed E-state index contributed by atoms with van der Waals surface area (Å²) in [7, 11) is 0. The van der Waals surface area contributed by atoms with E-state index in [1.54, 1.807) is 26.9 Å². The molecule has 0 radical (unpaired) electrons. The van der Waals surface area contributed by atoms with E-state index >= 15 is 0 Å². The molecule has 3 heterocycles. The maximum absolute atomic E-state index is 14.4. The number of amides is 3. The van der Waals surface area contributed by atoms with E-state index in [0.29, 0.717) is 45.4 Å². The van der Waals surface area contributed by atoms with Crippen LogP contribution >= 0.6 is 0 Å². The summed E-state index contributed by atoms with van der Waals surface area (Å²) < 4.78 is 6.85. The van der Waals surface area contributed by atoms with Crippen LogP contribution in [-0.4, -0.2) is 93.1 Å². The van der Waals surface area contributed by atoms with Crippen molar-refractivity contribution in [1.29, 1.82) is 0 Å². The van der Waals surface area contributed by atoms with Gasteiger partial charge in [-0.2, -0.15) is 0 Å². The fourth-order valence-electron chi connectivity index (χ4n) is 6.91. The molecule has 3 rings (SSSR count). The molecule has 1 N–H and O–H groups in total. The first-order valence-corrected chi connectivity index (χ1v) is 13.8. The van der Waals surface area contributed by atoms with Gasteiger partial charge in [0.05, 0.1) is 17.4 Å². The van der Waals surface area contributed by atoms with Crippen molar-refractivity contribution in [2.75, 3.05) is 32.8 Å². The molecule has 6 atom stereocenters. The Bertz CT molecular complexity index is 914. The zero-order chi connectivity index (χ0) is 27.8. The molecule has 3 amide bonds. The second-order valence-electron chi connectivity index (χ2n) is 12.1. The number of aliphatic hydroxyl groups is 1. The van der Waals surface area contributed by atoms with Crippen LogP contribution in [0, 0.1) is 17.8 Å². The van der Waals surface area contributed by atoms with Crippen molar-refractivity contribution in [3.8, 4) is 0 Å². The van der Waals surface area contributed by atoms with Crippen LogP contribution in [-0.2, 0) is 19.1 Å².